The Balaban J connectivity index is 1.48. The Morgan fingerprint density at radius 2 is 2.00 bits per heavy atom. The standard InChI is InChI=1S/C18H15BrN8O2S/c1-26-18(22-23-25-26)30-15-7-6-11(19)10-14(15)20-16(28)8-9-27-17(29)12-4-2-3-5-13(12)21-24-27/h2-7,10H,8-9H2,1H3,(H,20,28). The van der Waals surface area contributed by atoms with Crippen LogP contribution in [0.1, 0.15) is 6.42 Å². The molecule has 0 radical (unpaired) electrons. The van der Waals surface area contributed by atoms with E-state index in [4.69, 9.17) is 0 Å². The average molecular weight is 487 g/mol. The van der Waals surface area contributed by atoms with E-state index < -0.39 is 0 Å². The van der Waals surface area contributed by atoms with E-state index in [-0.39, 0.29) is 24.4 Å². The third-order valence-corrected chi connectivity index (χ3v) is 5.78. The zero-order chi connectivity index (χ0) is 21.1. The van der Waals surface area contributed by atoms with Crippen LogP contribution in [0.25, 0.3) is 10.9 Å². The van der Waals surface area contributed by atoms with Crippen LogP contribution in [0.3, 0.4) is 0 Å². The van der Waals surface area contributed by atoms with Gasteiger partial charge in [0, 0.05) is 22.8 Å². The van der Waals surface area contributed by atoms with Crippen molar-refractivity contribution in [2.24, 2.45) is 7.05 Å². The number of nitrogens with zero attached hydrogens (tertiary/aromatic N) is 7. The van der Waals surface area contributed by atoms with Crippen molar-refractivity contribution in [1.82, 2.24) is 35.2 Å². The van der Waals surface area contributed by atoms with Gasteiger partial charge in [-0.1, -0.05) is 33.3 Å². The summed E-state index contributed by atoms with van der Waals surface area (Å²) in [5.41, 5.74) is 0.860. The first-order valence-corrected chi connectivity index (χ1v) is 10.4. The normalized spacial score (nSPS) is 11.0. The van der Waals surface area contributed by atoms with Crippen molar-refractivity contribution in [3.63, 3.8) is 0 Å². The van der Waals surface area contributed by atoms with E-state index in [1.54, 1.807) is 42.1 Å². The Labute approximate surface area is 182 Å². The number of nitrogens with one attached hydrogen (secondary N) is 1. The predicted molar refractivity (Wildman–Crippen MR) is 114 cm³/mol. The lowest BCUT2D eigenvalue weighted by Crippen LogP contribution is -2.26. The molecule has 0 unspecified atom stereocenters. The molecular formula is C18H15BrN8O2S. The fourth-order valence-electron chi connectivity index (χ4n) is 2.68. The number of carbonyl (C=O) groups excluding carboxylic acids is 1. The average Bonchev–Trinajstić information content (AvgIpc) is 3.14. The first-order chi connectivity index (χ1) is 14.5. The molecule has 4 rings (SSSR count). The number of rotatable bonds is 6. The summed E-state index contributed by atoms with van der Waals surface area (Å²) in [6.07, 6.45) is 0.0645. The van der Waals surface area contributed by atoms with Gasteiger partial charge in [0.05, 0.1) is 17.6 Å². The van der Waals surface area contributed by atoms with Crippen LogP contribution in [0.5, 0.6) is 0 Å². The van der Waals surface area contributed by atoms with E-state index in [0.29, 0.717) is 21.7 Å². The van der Waals surface area contributed by atoms with E-state index in [1.165, 1.54) is 16.4 Å². The Morgan fingerprint density at radius 1 is 1.17 bits per heavy atom. The number of aryl methyl sites for hydroxylation is 2. The molecule has 4 aromatic rings. The molecule has 0 fully saturated rings. The van der Waals surface area contributed by atoms with Gasteiger partial charge in [-0.2, -0.15) is 0 Å². The van der Waals surface area contributed by atoms with Gasteiger partial charge in [0.15, 0.2) is 0 Å². The van der Waals surface area contributed by atoms with Gasteiger partial charge in [-0.05, 0) is 52.5 Å². The minimum absolute atomic E-state index is 0.0645. The Kier molecular flexibility index (Phi) is 5.86. The molecule has 0 aliphatic carbocycles. The minimum atomic E-state index is -0.276. The van der Waals surface area contributed by atoms with E-state index >= 15 is 0 Å². The topological polar surface area (TPSA) is 120 Å². The zero-order valence-corrected chi connectivity index (χ0v) is 18.1. The number of anilines is 1. The highest BCUT2D eigenvalue weighted by atomic mass is 79.9. The summed E-state index contributed by atoms with van der Waals surface area (Å²) in [4.78, 5) is 25.8. The number of hydrogen-bond donors (Lipinski definition) is 1. The fraction of sp³-hybridized carbons (Fsp3) is 0.167. The SMILES string of the molecule is Cn1nnnc1Sc1ccc(Br)cc1NC(=O)CCn1nnc2ccccc2c1=O. The zero-order valence-electron chi connectivity index (χ0n) is 15.7. The van der Waals surface area contributed by atoms with E-state index in [2.05, 4.69) is 47.1 Å². The monoisotopic (exact) mass is 486 g/mol. The maximum absolute atomic E-state index is 12.5. The molecule has 0 bridgehead atoms. The Hall–Kier alpha value is -3.12. The highest BCUT2D eigenvalue weighted by Gasteiger charge is 2.13. The smallest absolute Gasteiger partial charge is 0.277 e. The van der Waals surface area contributed by atoms with E-state index in [9.17, 15) is 9.59 Å². The van der Waals surface area contributed by atoms with Crippen molar-refractivity contribution >= 4 is 50.2 Å². The Bertz CT molecular complexity index is 1290. The summed E-state index contributed by atoms with van der Waals surface area (Å²) in [7, 11) is 1.74. The van der Waals surface area contributed by atoms with E-state index in [1.807, 2.05) is 12.1 Å². The van der Waals surface area contributed by atoms with Crippen molar-refractivity contribution in [2.75, 3.05) is 5.32 Å². The maximum Gasteiger partial charge on any atom is 0.277 e. The minimum Gasteiger partial charge on any atom is -0.325 e. The van der Waals surface area contributed by atoms with Gasteiger partial charge in [-0.3, -0.25) is 9.59 Å². The molecule has 1 amide bonds. The molecule has 152 valence electrons. The molecule has 0 saturated carbocycles. The molecular weight excluding hydrogens is 472 g/mol. The van der Waals surface area contributed by atoms with Crippen LogP contribution >= 0.6 is 27.7 Å². The molecule has 2 heterocycles. The Morgan fingerprint density at radius 3 is 2.80 bits per heavy atom. The molecule has 0 aliphatic heterocycles. The highest BCUT2D eigenvalue weighted by Crippen LogP contribution is 2.33. The van der Waals surface area contributed by atoms with Crippen molar-refractivity contribution in [3.8, 4) is 0 Å². The largest absolute Gasteiger partial charge is 0.325 e. The van der Waals surface area contributed by atoms with Crippen LogP contribution in [0, 0.1) is 0 Å². The summed E-state index contributed by atoms with van der Waals surface area (Å²) < 4.78 is 3.56. The predicted octanol–water partition coefficient (Wildman–Crippen LogP) is 2.26. The fourth-order valence-corrected chi connectivity index (χ4v) is 3.84. The second-order valence-electron chi connectivity index (χ2n) is 6.26. The van der Waals surface area contributed by atoms with Gasteiger partial charge in [0.2, 0.25) is 11.1 Å². The number of carbonyl (C=O) groups is 1. The van der Waals surface area contributed by atoms with Crippen molar-refractivity contribution in [1.29, 1.82) is 0 Å². The lowest BCUT2D eigenvalue weighted by molar-refractivity contribution is -0.116. The number of benzene rings is 2. The molecule has 12 heteroatoms. The number of fused-ring (bicyclic) bond motifs is 1. The quantitative estimate of drug-likeness (QED) is 0.440. The van der Waals surface area contributed by atoms with Gasteiger partial charge >= 0.3 is 0 Å². The van der Waals surface area contributed by atoms with Crippen LogP contribution in [0.15, 0.2) is 61.8 Å². The van der Waals surface area contributed by atoms with Crippen LogP contribution < -0.4 is 10.9 Å². The lowest BCUT2D eigenvalue weighted by Gasteiger charge is -2.11. The molecule has 30 heavy (non-hydrogen) atoms. The lowest BCUT2D eigenvalue weighted by atomic mass is 10.2. The number of tetrazole rings is 1. The summed E-state index contributed by atoms with van der Waals surface area (Å²) in [5, 5.41) is 23.3. The molecule has 0 spiro atoms. The van der Waals surface area contributed by atoms with Crippen LogP contribution in [-0.4, -0.2) is 41.1 Å². The molecule has 2 aromatic heterocycles. The molecule has 0 atom stereocenters. The summed E-state index contributed by atoms with van der Waals surface area (Å²) >= 11 is 4.75. The number of hydrogen-bond acceptors (Lipinski definition) is 8. The first kappa shape index (κ1) is 20.2. The second-order valence-corrected chi connectivity index (χ2v) is 8.19. The van der Waals surface area contributed by atoms with Crippen molar-refractivity contribution in [3.05, 3.63) is 57.3 Å². The third-order valence-electron chi connectivity index (χ3n) is 4.18. The molecule has 2 aromatic carbocycles. The number of aromatic nitrogens is 7. The first-order valence-electron chi connectivity index (χ1n) is 8.83. The number of amides is 1. The second kappa shape index (κ2) is 8.71. The van der Waals surface area contributed by atoms with Gasteiger partial charge in [0.25, 0.3) is 5.56 Å². The summed E-state index contributed by atoms with van der Waals surface area (Å²) in [5.74, 6) is -0.257. The third kappa shape index (κ3) is 4.39. The van der Waals surface area contributed by atoms with Crippen LogP contribution in [0.2, 0.25) is 0 Å². The van der Waals surface area contributed by atoms with Gasteiger partial charge < -0.3 is 5.32 Å². The van der Waals surface area contributed by atoms with Gasteiger partial charge in [-0.15, -0.1) is 10.2 Å². The maximum atomic E-state index is 12.5. The molecule has 10 nitrogen and oxygen atoms in total. The highest BCUT2D eigenvalue weighted by molar-refractivity contribution is 9.10. The molecule has 0 saturated heterocycles. The van der Waals surface area contributed by atoms with Gasteiger partial charge in [-0.25, -0.2) is 9.36 Å². The van der Waals surface area contributed by atoms with Gasteiger partial charge in [0.1, 0.15) is 5.52 Å². The number of halogens is 1. The van der Waals surface area contributed by atoms with Crippen LogP contribution in [-0.2, 0) is 18.4 Å². The van der Waals surface area contributed by atoms with Crippen molar-refractivity contribution < 1.29 is 4.79 Å². The molecule has 0 aliphatic rings. The van der Waals surface area contributed by atoms with Crippen LogP contribution in [0.4, 0.5) is 5.69 Å². The van der Waals surface area contributed by atoms with E-state index in [0.717, 1.165) is 9.37 Å². The van der Waals surface area contributed by atoms with Crippen molar-refractivity contribution in [2.45, 2.75) is 23.0 Å². The molecule has 1 N–H and O–H groups in total. The summed E-state index contributed by atoms with van der Waals surface area (Å²) in [6.45, 7) is 0.117. The summed E-state index contributed by atoms with van der Waals surface area (Å²) in [6, 6.07) is 12.5.